The molecule has 0 atom stereocenters. The predicted molar refractivity (Wildman–Crippen MR) is 57.5 cm³/mol. The van der Waals surface area contributed by atoms with E-state index in [2.05, 4.69) is 41.9 Å². The van der Waals surface area contributed by atoms with Gasteiger partial charge in [0.2, 0.25) is 0 Å². The molecule has 1 aromatic rings. The molecule has 1 rings (SSSR count). The summed E-state index contributed by atoms with van der Waals surface area (Å²) in [5.74, 6) is 0.483. The summed E-state index contributed by atoms with van der Waals surface area (Å²) in [6, 6.07) is 8.32. The van der Waals surface area contributed by atoms with Crippen molar-refractivity contribution in [2.45, 2.75) is 26.2 Å². The summed E-state index contributed by atoms with van der Waals surface area (Å²) in [7, 11) is 0. The topological polar surface area (TPSA) is 23.8 Å². The normalized spacial score (nSPS) is 10.1. The van der Waals surface area contributed by atoms with Crippen molar-refractivity contribution in [2.75, 3.05) is 0 Å². The Morgan fingerprint density at radius 1 is 1.46 bits per heavy atom. The van der Waals surface area contributed by atoms with Gasteiger partial charge in [-0.2, -0.15) is 5.26 Å². The highest BCUT2D eigenvalue weighted by atomic mass is 79.9. The third-order valence-electron chi connectivity index (χ3n) is 2.00. The minimum atomic E-state index is 0.483. The minimum absolute atomic E-state index is 0.483. The summed E-state index contributed by atoms with van der Waals surface area (Å²) in [5, 5.41) is 8.65. The Balaban J connectivity index is 3.12. The largest absolute Gasteiger partial charge is 0.198 e. The van der Waals surface area contributed by atoms with Crippen LogP contribution in [0.5, 0.6) is 0 Å². The zero-order valence-electron chi connectivity index (χ0n) is 7.84. The Morgan fingerprint density at radius 2 is 2.15 bits per heavy atom. The van der Waals surface area contributed by atoms with Crippen LogP contribution in [0.1, 0.15) is 30.9 Å². The summed E-state index contributed by atoms with van der Waals surface area (Å²) >= 11 is 3.41. The van der Waals surface area contributed by atoms with E-state index in [1.165, 1.54) is 5.56 Å². The van der Waals surface area contributed by atoms with Crippen molar-refractivity contribution in [1.29, 1.82) is 5.26 Å². The molecule has 0 aliphatic carbocycles. The molecule has 2 heteroatoms. The first kappa shape index (κ1) is 10.3. The number of hydrogen-bond donors (Lipinski definition) is 0. The Morgan fingerprint density at radius 3 is 2.69 bits per heavy atom. The van der Waals surface area contributed by atoms with Gasteiger partial charge in [-0.25, -0.2) is 0 Å². The Bertz CT molecular complexity index is 336. The second-order valence-electron chi connectivity index (χ2n) is 3.33. The fraction of sp³-hybridized carbons (Fsp3) is 0.364. The number of benzene rings is 1. The lowest BCUT2D eigenvalue weighted by atomic mass is 9.96. The molecular weight excluding hydrogens is 226 g/mol. The lowest BCUT2D eigenvalue weighted by Crippen LogP contribution is -1.95. The quantitative estimate of drug-likeness (QED) is 0.771. The van der Waals surface area contributed by atoms with Gasteiger partial charge in [0.1, 0.15) is 0 Å². The summed E-state index contributed by atoms with van der Waals surface area (Å²) in [4.78, 5) is 0. The van der Waals surface area contributed by atoms with Crippen LogP contribution in [0.2, 0.25) is 0 Å². The zero-order chi connectivity index (χ0) is 9.84. The van der Waals surface area contributed by atoms with Gasteiger partial charge in [-0.3, -0.25) is 0 Å². The summed E-state index contributed by atoms with van der Waals surface area (Å²) in [6.45, 7) is 4.29. The number of halogens is 1. The van der Waals surface area contributed by atoms with Crippen molar-refractivity contribution in [3.8, 4) is 6.07 Å². The molecule has 0 bridgehead atoms. The third-order valence-corrected chi connectivity index (χ3v) is 2.49. The van der Waals surface area contributed by atoms with E-state index in [0.717, 1.165) is 10.0 Å². The lowest BCUT2D eigenvalue weighted by Gasteiger charge is -2.10. The first-order valence-electron chi connectivity index (χ1n) is 4.30. The van der Waals surface area contributed by atoms with Crippen LogP contribution in [-0.2, 0) is 6.42 Å². The molecule has 0 radical (unpaired) electrons. The van der Waals surface area contributed by atoms with E-state index in [1.54, 1.807) is 0 Å². The highest BCUT2D eigenvalue weighted by molar-refractivity contribution is 9.10. The molecule has 0 unspecified atom stereocenters. The summed E-state index contributed by atoms with van der Waals surface area (Å²) in [6.07, 6.45) is 0.493. The van der Waals surface area contributed by atoms with E-state index in [4.69, 9.17) is 5.26 Å². The van der Waals surface area contributed by atoms with Gasteiger partial charge in [-0.15, -0.1) is 0 Å². The van der Waals surface area contributed by atoms with Crippen LogP contribution in [0.4, 0.5) is 0 Å². The molecule has 0 saturated heterocycles. The molecule has 0 heterocycles. The van der Waals surface area contributed by atoms with E-state index in [9.17, 15) is 0 Å². The molecule has 0 N–H and O–H groups in total. The third kappa shape index (κ3) is 2.57. The molecule has 0 aliphatic rings. The van der Waals surface area contributed by atoms with Gasteiger partial charge < -0.3 is 0 Å². The summed E-state index contributed by atoms with van der Waals surface area (Å²) in [5.41, 5.74) is 2.40. The van der Waals surface area contributed by atoms with E-state index in [1.807, 2.05) is 12.1 Å². The predicted octanol–water partition coefficient (Wildman–Crippen LogP) is 3.64. The van der Waals surface area contributed by atoms with Gasteiger partial charge in [0.15, 0.2) is 0 Å². The molecular formula is C11H12BrN. The molecule has 0 saturated carbocycles. The standard InChI is InChI=1S/C11H12BrN/c1-8(2)11-4-3-10(12)7-9(11)5-6-13/h3-4,7-8H,5H2,1-2H3. The molecule has 0 fully saturated rings. The Hall–Kier alpha value is -0.810. The number of rotatable bonds is 2. The Kier molecular flexibility index (Phi) is 3.50. The van der Waals surface area contributed by atoms with Gasteiger partial charge in [0.25, 0.3) is 0 Å². The van der Waals surface area contributed by atoms with Crippen molar-refractivity contribution in [3.63, 3.8) is 0 Å². The van der Waals surface area contributed by atoms with Gasteiger partial charge in [0.05, 0.1) is 12.5 Å². The highest BCUT2D eigenvalue weighted by Gasteiger charge is 2.06. The first-order chi connectivity index (χ1) is 6.15. The maximum atomic E-state index is 8.65. The smallest absolute Gasteiger partial charge is 0.0669 e. The van der Waals surface area contributed by atoms with Crippen LogP contribution in [0.25, 0.3) is 0 Å². The van der Waals surface area contributed by atoms with Gasteiger partial charge in [0, 0.05) is 4.47 Å². The molecule has 0 spiro atoms. The van der Waals surface area contributed by atoms with Gasteiger partial charge >= 0.3 is 0 Å². The van der Waals surface area contributed by atoms with Crippen LogP contribution in [0, 0.1) is 11.3 Å². The molecule has 1 nitrogen and oxygen atoms in total. The van der Waals surface area contributed by atoms with Crippen LogP contribution >= 0.6 is 15.9 Å². The van der Waals surface area contributed by atoms with Crippen LogP contribution in [0.15, 0.2) is 22.7 Å². The van der Waals surface area contributed by atoms with Crippen molar-refractivity contribution in [3.05, 3.63) is 33.8 Å². The fourth-order valence-electron chi connectivity index (χ4n) is 1.38. The number of hydrogen-bond acceptors (Lipinski definition) is 1. The van der Waals surface area contributed by atoms with E-state index in [0.29, 0.717) is 12.3 Å². The molecule has 1 aromatic carbocycles. The minimum Gasteiger partial charge on any atom is -0.198 e. The van der Waals surface area contributed by atoms with Crippen LogP contribution in [0.3, 0.4) is 0 Å². The molecule has 0 aromatic heterocycles. The van der Waals surface area contributed by atoms with Crippen molar-refractivity contribution in [2.24, 2.45) is 0 Å². The molecule has 13 heavy (non-hydrogen) atoms. The van der Waals surface area contributed by atoms with Crippen LogP contribution < -0.4 is 0 Å². The first-order valence-corrected chi connectivity index (χ1v) is 5.09. The molecule has 68 valence electrons. The van der Waals surface area contributed by atoms with Gasteiger partial charge in [-0.05, 0) is 29.2 Å². The maximum absolute atomic E-state index is 8.65. The van der Waals surface area contributed by atoms with E-state index < -0.39 is 0 Å². The SMILES string of the molecule is CC(C)c1ccc(Br)cc1CC#N. The number of nitrogens with zero attached hydrogens (tertiary/aromatic N) is 1. The second-order valence-corrected chi connectivity index (χ2v) is 4.25. The molecule has 0 aliphatic heterocycles. The fourth-order valence-corrected chi connectivity index (χ4v) is 1.78. The molecule has 0 amide bonds. The van der Waals surface area contributed by atoms with Gasteiger partial charge in [-0.1, -0.05) is 35.8 Å². The average molecular weight is 238 g/mol. The monoisotopic (exact) mass is 237 g/mol. The van der Waals surface area contributed by atoms with Crippen molar-refractivity contribution in [1.82, 2.24) is 0 Å². The average Bonchev–Trinajstić information content (AvgIpc) is 2.04. The van der Waals surface area contributed by atoms with Crippen LogP contribution in [-0.4, -0.2) is 0 Å². The second kappa shape index (κ2) is 4.43. The van der Waals surface area contributed by atoms with Crippen molar-refractivity contribution >= 4 is 15.9 Å². The highest BCUT2D eigenvalue weighted by Crippen LogP contribution is 2.23. The summed E-state index contributed by atoms with van der Waals surface area (Å²) < 4.78 is 1.04. The van der Waals surface area contributed by atoms with Crippen molar-refractivity contribution < 1.29 is 0 Å². The Labute approximate surface area is 87.5 Å². The number of nitriles is 1. The zero-order valence-corrected chi connectivity index (χ0v) is 9.43. The van der Waals surface area contributed by atoms with E-state index >= 15 is 0 Å². The van der Waals surface area contributed by atoms with E-state index in [-0.39, 0.29) is 0 Å². The lowest BCUT2D eigenvalue weighted by molar-refractivity contribution is 0.850. The maximum Gasteiger partial charge on any atom is 0.0669 e.